The lowest BCUT2D eigenvalue weighted by Gasteiger charge is -2.14. The predicted molar refractivity (Wildman–Crippen MR) is 125 cm³/mol. The van der Waals surface area contributed by atoms with Crippen LogP contribution in [0.2, 0.25) is 0 Å². The van der Waals surface area contributed by atoms with Crippen molar-refractivity contribution < 1.29 is 17.9 Å². The largest absolute Gasteiger partial charge is 0.487 e. The Morgan fingerprint density at radius 1 is 1.03 bits per heavy atom. The lowest BCUT2D eigenvalue weighted by atomic mass is 10.1. The lowest BCUT2D eigenvalue weighted by molar-refractivity contribution is 0.102. The molecule has 156 valence electrons. The number of benzene rings is 3. The zero-order valence-corrected chi connectivity index (χ0v) is 19.5. The average molecular weight is 536 g/mol. The summed E-state index contributed by atoms with van der Waals surface area (Å²) in [5.41, 5.74) is 3.93. The molecule has 30 heavy (non-hydrogen) atoms. The van der Waals surface area contributed by atoms with Crippen molar-refractivity contribution in [1.82, 2.24) is 0 Å². The van der Waals surface area contributed by atoms with E-state index in [0.29, 0.717) is 11.3 Å². The highest BCUT2D eigenvalue weighted by atomic mass is 127. The number of nitrogens with one attached hydrogen (secondary N) is 1. The molecule has 3 aromatic carbocycles. The highest BCUT2D eigenvalue weighted by Crippen LogP contribution is 2.28. The van der Waals surface area contributed by atoms with Crippen LogP contribution in [0.25, 0.3) is 0 Å². The van der Waals surface area contributed by atoms with Crippen LogP contribution >= 0.6 is 22.6 Å². The number of sulfonamides is 1. The minimum Gasteiger partial charge on any atom is -0.487 e. The van der Waals surface area contributed by atoms with Crippen molar-refractivity contribution in [3.05, 3.63) is 86.5 Å². The van der Waals surface area contributed by atoms with Gasteiger partial charge >= 0.3 is 0 Å². The van der Waals surface area contributed by atoms with Crippen LogP contribution in [0.15, 0.2) is 65.6 Å². The zero-order valence-electron chi connectivity index (χ0n) is 16.5. The van der Waals surface area contributed by atoms with Gasteiger partial charge in [-0.3, -0.25) is 4.79 Å². The van der Waals surface area contributed by atoms with E-state index in [9.17, 15) is 13.2 Å². The van der Waals surface area contributed by atoms with Crippen LogP contribution in [0.5, 0.6) is 5.75 Å². The van der Waals surface area contributed by atoms with Crippen LogP contribution in [-0.2, 0) is 16.6 Å². The first-order valence-corrected chi connectivity index (χ1v) is 11.7. The maximum absolute atomic E-state index is 12.5. The van der Waals surface area contributed by atoms with Gasteiger partial charge in [0.2, 0.25) is 10.0 Å². The summed E-state index contributed by atoms with van der Waals surface area (Å²) in [6.07, 6.45) is 0. The summed E-state index contributed by atoms with van der Waals surface area (Å²) in [6, 6.07) is 17.3. The van der Waals surface area contributed by atoms with Crippen molar-refractivity contribution in [2.75, 3.05) is 5.32 Å². The molecule has 6 nitrogen and oxygen atoms in total. The molecule has 0 spiro atoms. The number of ether oxygens (including phenoxy) is 1. The van der Waals surface area contributed by atoms with Gasteiger partial charge in [0.1, 0.15) is 17.3 Å². The molecule has 1 amide bonds. The number of halogens is 1. The van der Waals surface area contributed by atoms with E-state index >= 15 is 0 Å². The third kappa shape index (κ3) is 5.59. The van der Waals surface area contributed by atoms with E-state index in [2.05, 4.69) is 27.9 Å². The normalized spacial score (nSPS) is 11.2. The van der Waals surface area contributed by atoms with Crippen molar-refractivity contribution in [2.24, 2.45) is 5.14 Å². The van der Waals surface area contributed by atoms with Gasteiger partial charge in [-0.15, -0.1) is 0 Å². The number of rotatable bonds is 6. The smallest absolute Gasteiger partial charge is 0.255 e. The maximum atomic E-state index is 12.5. The molecule has 0 fully saturated rings. The summed E-state index contributed by atoms with van der Waals surface area (Å²) < 4.78 is 30.8. The van der Waals surface area contributed by atoms with Gasteiger partial charge in [0.25, 0.3) is 5.91 Å². The molecule has 0 heterocycles. The Labute approximate surface area is 189 Å². The van der Waals surface area contributed by atoms with Gasteiger partial charge in [-0.2, -0.15) is 0 Å². The molecule has 0 saturated heterocycles. The third-order valence-electron chi connectivity index (χ3n) is 4.50. The van der Waals surface area contributed by atoms with Crippen LogP contribution in [0.3, 0.4) is 0 Å². The van der Waals surface area contributed by atoms with Crippen LogP contribution in [0.1, 0.15) is 27.0 Å². The summed E-state index contributed by atoms with van der Waals surface area (Å²) >= 11 is 2.16. The van der Waals surface area contributed by atoms with E-state index in [1.54, 1.807) is 12.1 Å². The number of primary sulfonamides is 1. The Hall–Kier alpha value is -2.43. The Kier molecular flexibility index (Phi) is 6.79. The lowest BCUT2D eigenvalue weighted by Crippen LogP contribution is -2.15. The molecule has 0 atom stereocenters. The van der Waals surface area contributed by atoms with Crippen LogP contribution in [0.4, 0.5) is 5.69 Å². The molecule has 3 rings (SSSR count). The first-order chi connectivity index (χ1) is 14.1. The Balaban J connectivity index is 1.87. The SMILES string of the molecule is Cc1ccc(C)c(COc2cc(NC(=O)c3ccc(I)cc3)ccc2S(N)(=O)=O)c1. The number of carbonyl (C=O) groups excluding carboxylic acids is 1. The van der Waals surface area contributed by atoms with Crippen molar-refractivity contribution >= 4 is 44.2 Å². The summed E-state index contributed by atoms with van der Waals surface area (Å²) in [5.74, 6) is -0.228. The number of anilines is 1. The maximum Gasteiger partial charge on any atom is 0.255 e. The minimum atomic E-state index is -4.00. The molecule has 0 bridgehead atoms. The number of hydrogen-bond acceptors (Lipinski definition) is 4. The fourth-order valence-electron chi connectivity index (χ4n) is 2.85. The van der Waals surface area contributed by atoms with E-state index in [0.717, 1.165) is 20.3 Å². The van der Waals surface area contributed by atoms with Crippen LogP contribution in [0, 0.1) is 17.4 Å². The fraction of sp³-hybridized carbons (Fsp3) is 0.136. The van der Waals surface area contributed by atoms with Gasteiger partial charge < -0.3 is 10.1 Å². The standard InChI is InChI=1S/C22H21IN2O4S/c1-14-3-4-15(2)17(11-14)13-29-20-12-19(9-10-21(20)30(24,27)28)25-22(26)16-5-7-18(23)8-6-16/h3-12H,13H2,1-2H3,(H,25,26)(H2,24,27,28). The molecule has 8 heteroatoms. The van der Waals surface area contributed by atoms with Gasteiger partial charge in [0.05, 0.1) is 0 Å². The molecule has 0 aliphatic carbocycles. The van der Waals surface area contributed by atoms with Crippen molar-refractivity contribution in [3.63, 3.8) is 0 Å². The molecule has 3 aromatic rings. The zero-order chi connectivity index (χ0) is 21.9. The molecule has 0 radical (unpaired) electrons. The fourth-order valence-corrected chi connectivity index (χ4v) is 3.87. The number of amides is 1. The van der Waals surface area contributed by atoms with Gasteiger partial charge in [0, 0.05) is 20.9 Å². The Morgan fingerprint density at radius 3 is 2.40 bits per heavy atom. The second-order valence-electron chi connectivity index (χ2n) is 6.89. The van der Waals surface area contributed by atoms with E-state index < -0.39 is 10.0 Å². The summed E-state index contributed by atoms with van der Waals surface area (Å²) in [4.78, 5) is 12.3. The number of hydrogen-bond donors (Lipinski definition) is 2. The average Bonchev–Trinajstić information content (AvgIpc) is 2.68. The third-order valence-corrected chi connectivity index (χ3v) is 6.17. The number of carbonyl (C=O) groups is 1. The minimum absolute atomic E-state index is 0.0822. The van der Waals surface area contributed by atoms with Crippen LogP contribution < -0.4 is 15.2 Å². The van der Waals surface area contributed by atoms with E-state index in [-0.39, 0.29) is 23.2 Å². The first kappa shape index (κ1) is 22.3. The quantitative estimate of drug-likeness (QED) is 0.457. The topological polar surface area (TPSA) is 98.5 Å². The first-order valence-electron chi connectivity index (χ1n) is 9.06. The van der Waals surface area contributed by atoms with Crippen LogP contribution in [-0.4, -0.2) is 14.3 Å². The molecule has 0 aliphatic heterocycles. The molecule has 0 aliphatic rings. The van der Waals surface area contributed by atoms with Gasteiger partial charge in [-0.1, -0.05) is 23.8 Å². The second kappa shape index (κ2) is 9.15. The highest BCUT2D eigenvalue weighted by Gasteiger charge is 2.17. The Bertz CT molecular complexity index is 1190. The van der Waals surface area contributed by atoms with E-state index in [1.807, 2.05) is 44.2 Å². The monoisotopic (exact) mass is 536 g/mol. The van der Waals surface area contributed by atoms with Gasteiger partial charge in [0.15, 0.2) is 0 Å². The highest BCUT2D eigenvalue weighted by molar-refractivity contribution is 14.1. The second-order valence-corrected chi connectivity index (χ2v) is 9.66. The van der Waals surface area contributed by atoms with Gasteiger partial charge in [-0.05, 0) is 84.0 Å². The summed E-state index contributed by atoms with van der Waals surface area (Å²) in [7, 11) is -4.00. The molecule has 0 aromatic heterocycles. The predicted octanol–water partition coefficient (Wildman–Crippen LogP) is 4.39. The van der Waals surface area contributed by atoms with Crippen molar-refractivity contribution in [2.45, 2.75) is 25.3 Å². The summed E-state index contributed by atoms with van der Waals surface area (Å²) in [6.45, 7) is 4.10. The number of aryl methyl sites for hydroxylation is 2. The summed E-state index contributed by atoms with van der Waals surface area (Å²) in [5, 5.41) is 8.10. The van der Waals surface area contributed by atoms with Crippen molar-refractivity contribution in [1.29, 1.82) is 0 Å². The number of nitrogens with two attached hydrogens (primary N) is 1. The molecule has 3 N–H and O–H groups in total. The molecular weight excluding hydrogens is 515 g/mol. The van der Waals surface area contributed by atoms with E-state index in [1.165, 1.54) is 18.2 Å². The molecule has 0 saturated carbocycles. The Morgan fingerprint density at radius 2 is 1.73 bits per heavy atom. The molecular formula is C22H21IN2O4S. The van der Waals surface area contributed by atoms with Gasteiger partial charge in [-0.25, -0.2) is 13.6 Å². The molecule has 0 unspecified atom stereocenters. The van der Waals surface area contributed by atoms with Crippen molar-refractivity contribution in [3.8, 4) is 5.75 Å². The van der Waals surface area contributed by atoms with E-state index in [4.69, 9.17) is 9.88 Å².